The van der Waals surface area contributed by atoms with Crippen LogP contribution in [-0.4, -0.2) is 9.67 Å². The van der Waals surface area contributed by atoms with E-state index in [0.717, 1.165) is 34.4 Å². The largest absolute Gasteiger partial charge is 0.376 e. The lowest BCUT2D eigenvalue weighted by atomic mass is 9.70. The van der Waals surface area contributed by atoms with Crippen LogP contribution in [0.25, 0.3) is 77.4 Å². The summed E-state index contributed by atoms with van der Waals surface area (Å²) in [7, 11) is 0. The van der Waals surface area contributed by atoms with Gasteiger partial charge in [0.1, 0.15) is 5.60 Å². The molecule has 2 heteroatoms. The molecule has 1 aromatic heterocycles. The maximum Gasteiger partial charge on any atom is 0.141 e. The van der Waals surface area contributed by atoms with E-state index < -0.39 is 5.60 Å². The second kappa shape index (κ2) is 27.5. The first kappa shape index (κ1) is 60.8. The van der Waals surface area contributed by atoms with Crippen LogP contribution in [0.5, 0.6) is 0 Å². The van der Waals surface area contributed by atoms with Crippen molar-refractivity contribution in [3.05, 3.63) is 203 Å². The van der Waals surface area contributed by atoms with Crippen LogP contribution in [0.1, 0.15) is 253 Å². The van der Waals surface area contributed by atoms with E-state index in [-0.39, 0.29) is 10.8 Å². The number of benzene rings is 8. The molecule has 2 nitrogen and oxygen atoms in total. The molecule has 1 N–H and O–H groups in total. The van der Waals surface area contributed by atoms with Crippen molar-refractivity contribution < 1.29 is 5.11 Å². The Kier molecular flexibility index (Phi) is 19.2. The minimum Gasteiger partial charge on any atom is -0.376 e. The van der Waals surface area contributed by atoms with Crippen molar-refractivity contribution in [1.29, 1.82) is 0 Å². The SMILES string of the molecule is CCCCCCCCC1(CCCCCCCC)c2ccccc2-c2ccc(-c3ccc4c(c3)C(O)(c3ccc5c(c3)c3ccccc3n5CC)c3cc(-c5ccc6c(c5)C(CCCCCCCC)(CCCCCCCC)c5ccccc5-6)ccc3-4)cc21. The van der Waals surface area contributed by atoms with Gasteiger partial charge in [0, 0.05) is 50.3 Å². The van der Waals surface area contributed by atoms with E-state index in [9.17, 15) is 5.11 Å². The first-order valence-corrected chi connectivity index (χ1v) is 35.4. The molecule has 0 radical (unpaired) electrons. The van der Waals surface area contributed by atoms with E-state index in [0.29, 0.717) is 0 Å². The number of para-hydroxylation sites is 1. The van der Waals surface area contributed by atoms with E-state index in [4.69, 9.17) is 0 Å². The van der Waals surface area contributed by atoms with Gasteiger partial charge < -0.3 is 9.67 Å². The lowest BCUT2D eigenvalue weighted by molar-refractivity contribution is 0.131. The van der Waals surface area contributed by atoms with E-state index in [2.05, 4.69) is 203 Å². The summed E-state index contributed by atoms with van der Waals surface area (Å²) >= 11 is 0. The van der Waals surface area contributed by atoms with Crippen LogP contribution in [0.4, 0.5) is 0 Å². The van der Waals surface area contributed by atoms with Gasteiger partial charge in [-0.3, -0.25) is 0 Å². The maximum atomic E-state index is 14.5. The summed E-state index contributed by atoms with van der Waals surface area (Å²) in [5, 5.41) is 16.9. The van der Waals surface area contributed by atoms with Gasteiger partial charge in [0.15, 0.2) is 0 Å². The van der Waals surface area contributed by atoms with Crippen LogP contribution in [0, 0.1) is 0 Å². The van der Waals surface area contributed by atoms with Crippen LogP contribution in [-0.2, 0) is 23.0 Å². The molecule has 1 heterocycles. The predicted octanol–water partition coefficient (Wildman–Crippen LogP) is 24.9. The number of hydrogen-bond acceptors (Lipinski definition) is 1. The molecule has 0 saturated carbocycles. The maximum absolute atomic E-state index is 14.5. The van der Waals surface area contributed by atoms with Gasteiger partial charge in [-0.05, 0) is 159 Å². The Labute approximate surface area is 524 Å². The third kappa shape index (κ3) is 11.5. The molecular formula is C85H101NO. The zero-order chi connectivity index (χ0) is 59.8. The molecule has 8 aromatic carbocycles. The first-order chi connectivity index (χ1) is 42.8. The molecule has 3 aliphatic rings. The van der Waals surface area contributed by atoms with Crippen LogP contribution in [0.2, 0.25) is 0 Å². The Hall–Kier alpha value is -6.48. The quantitative estimate of drug-likeness (QED) is 0.0418. The normalized spacial score (nSPS) is 14.6. The molecule has 0 bridgehead atoms. The van der Waals surface area contributed by atoms with Crippen molar-refractivity contribution >= 4 is 21.8 Å². The number of aromatic nitrogens is 1. The van der Waals surface area contributed by atoms with E-state index in [1.807, 2.05) is 0 Å². The molecule has 9 aromatic rings. The number of fused-ring (bicyclic) bond motifs is 12. The molecule has 0 amide bonds. The summed E-state index contributed by atoms with van der Waals surface area (Å²) in [6.45, 7) is 12.4. The van der Waals surface area contributed by atoms with Gasteiger partial charge in [-0.25, -0.2) is 0 Å². The minimum absolute atomic E-state index is 0.0167. The van der Waals surface area contributed by atoms with Crippen molar-refractivity contribution in [2.75, 3.05) is 0 Å². The Morgan fingerprint density at radius 1 is 0.287 bits per heavy atom. The predicted molar refractivity (Wildman–Crippen MR) is 374 cm³/mol. The molecule has 0 unspecified atom stereocenters. The van der Waals surface area contributed by atoms with Crippen molar-refractivity contribution in [2.45, 2.75) is 237 Å². The Morgan fingerprint density at radius 2 is 0.621 bits per heavy atom. The Morgan fingerprint density at radius 3 is 1.03 bits per heavy atom. The summed E-state index contributed by atoms with van der Waals surface area (Å²) in [6.07, 6.45) is 36.1. The molecule has 0 fully saturated rings. The first-order valence-electron chi connectivity index (χ1n) is 35.4. The molecule has 12 rings (SSSR count). The zero-order valence-corrected chi connectivity index (χ0v) is 54.0. The summed E-state index contributed by atoms with van der Waals surface area (Å²) < 4.78 is 2.43. The topological polar surface area (TPSA) is 25.2 Å². The standard InChI is InChI=1S/C85H101NO/c1-6-11-15-19-23-33-53-83(54-34-24-20-16-12-7-2)75-40-30-27-37-67(75)69-48-43-62(57-77(69)83)64-45-50-71-72-51-46-65(60-80(72)85(87,79(71)59-64)66-47-52-82-74(61-66)73-39-29-32-42-81(73)86(82)10-5)63-44-49-70-68-38-28-31-41-76(68)84(78(70)58-63,55-35-25-21-17-13-8-3)56-36-26-22-18-14-9-4/h27-32,37-52,57-61,87H,6-26,33-36,53-56H2,1-5H3. The second-order valence-electron chi connectivity index (χ2n) is 27.1. The zero-order valence-electron chi connectivity index (χ0n) is 54.0. The number of rotatable bonds is 32. The van der Waals surface area contributed by atoms with E-state index in [1.54, 1.807) is 11.1 Å². The molecule has 0 spiro atoms. The summed E-state index contributed by atoms with van der Waals surface area (Å²) in [5.41, 5.74) is 22.7. The van der Waals surface area contributed by atoms with E-state index >= 15 is 0 Å². The highest BCUT2D eigenvalue weighted by molar-refractivity contribution is 6.08. The minimum atomic E-state index is -1.42. The fraction of sp³-hybridized carbons (Fsp3) is 0.435. The highest BCUT2D eigenvalue weighted by Gasteiger charge is 2.46. The van der Waals surface area contributed by atoms with Gasteiger partial charge in [0.25, 0.3) is 0 Å². The second-order valence-corrected chi connectivity index (χ2v) is 27.1. The number of nitrogens with zero attached hydrogens (tertiary/aromatic N) is 1. The fourth-order valence-electron chi connectivity index (χ4n) is 17.0. The monoisotopic (exact) mass is 1150 g/mol. The molecule has 0 saturated heterocycles. The summed E-state index contributed by atoms with van der Waals surface area (Å²) in [4.78, 5) is 0. The van der Waals surface area contributed by atoms with Crippen LogP contribution in [0.15, 0.2) is 164 Å². The van der Waals surface area contributed by atoms with Gasteiger partial charge >= 0.3 is 0 Å². The van der Waals surface area contributed by atoms with E-state index in [1.165, 1.54) is 257 Å². The third-order valence-electron chi connectivity index (χ3n) is 21.6. The third-order valence-corrected chi connectivity index (χ3v) is 21.6. The van der Waals surface area contributed by atoms with Gasteiger partial charge in [0.05, 0.1) is 0 Å². The van der Waals surface area contributed by atoms with Crippen molar-refractivity contribution in [3.8, 4) is 55.6 Å². The van der Waals surface area contributed by atoms with Gasteiger partial charge in [-0.2, -0.15) is 0 Å². The number of aliphatic hydroxyl groups is 1. The van der Waals surface area contributed by atoms with Gasteiger partial charge in [-0.15, -0.1) is 0 Å². The highest BCUT2D eigenvalue weighted by atomic mass is 16.3. The molecule has 452 valence electrons. The molecule has 0 atom stereocenters. The van der Waals surface area contributed by atoms with Crippen LogP contribution < -0.4 is 0 Å². The highest BCUT2D eigenvalue weighted by Crippen LogP contribution is 2.59. The fourth-order valence-corrected chi connectivity index (χ4v) is 17.0. The number of unbranched alkanes of at least 4 members (excludes halogenated alkanes) is 20. The van der Waals surface area contributed by atoms with Gasteiger partial charge in [0.2, 0.25) is 0 Å². The summed E-state index contributed by atoms with van der Waals surface area (Å²) in [6, 6.07) is 63.6. The Bertz CT molecular complexity index is 3590. The number of aryl methyl sites for hydroxylation is 1. The molecule has 0 aliphatic heterocycles. The van der Waals surface area contributed by atoms with Crippen molar-refractivity contribution in [3.63, 3.8) is 0 Å². The average molecular weight is 1150 g/mol. The van der Waals surface area contributed by atoms with Crippen molar-refractivity contribution in [1.82, 2.24) is 4.57 Å². The lowest BCUT2D eigenvalue weighted by Gasteiger charge is -2.33. The molecular weight excluding hydrogens is 1050 g/mol. The molecule has 3 aliphatic carbocycles. The van der Waals surface area contributed by atoms with Crippen LogP contribution in [0.3, 0.4) is 0 Å². The average Bonchev–Trinajstić information content (AvgIpc) is 1.59. The smallest absolute Gasteiger partial charge is 0.141 e. The summed E-state index contributed by atoms with van der Waals surface area (Å²) in [5.74, 6) is 0. The van der Waals surface area contributed by atoms with Gasteiger partial charge in [-0.1, -0.05) is 303 Å². The van der Waals surface area contributed by atoms with Crippen LogP contribution >= 0.6 is 0 Å². The van der Waals surface area contributed by atoms with Crippen molar-refractivity contribution in [2.24, 2.45) is 0 Å². The molecule has 87 heavy (non-hydrogen) atoms. The Balaban J connectivity index is 0.967. The lowest BCUT2D eigenvalue weighted by Crippen LogP contribution is -2.26. The number of hydrogen-bond donors (Lipinski definition) is 1.